The number of hydrogen-bond donors (Lipinski definition) is 0. The SMILES string of the molecule is CC1=CC(c2ccccc2)CO1. The highest BCUT2D eigenvalue weighted by atomic mass is 16.5. The molecule has 2 rings (SSSR count). The molecule has 0 spiro atoms. The minimum atomic E-state index is 0.464. The van der Waals surface area contributed by atoms with Gasteiger partial charge in [-0.3, -0.25) is 0 Å². The van der Waals surface area contributed by atoms with Gasteiger partial charge in [-0.2, -0.15) is 0 Å². The highest BCUT2D eigenvalue weighted by Gasteiger charge is 2.15. The van der Waals surface area contributed by atoms with Crippen molar-refractivity contribution in [2.24, 2.45) is 0 Å². The Balaban J connectivity index is 2.22. The van der Waals surface area contributed by atoms with Gasteiger partial charge >= 0.3 is 0 Å². The van der Waals surface area contributed by atoms with Gasteiger partial charge in [0.25, 0.3) is 0 Å². The van der Waals surface area contributed by atoms with Gasteiger partial charge in [0.1, 0.15) is 0 Å². The van der Waals surface area contributed by atoms with Crippen LogP contribution in [0.2, 0.25) is 0 Å². The van der Waals surface area contributed by atoms with Gasteiger partial charge in [-0.25, -0.2) is 0 Å². The van der Waals surface area contributed by atoms with E-state index in [1.54, 1.807) is 0 Å². The molecule has 0 saturated carbocycles. The van der Waals surface area contributed by atoms with Crippen LogP contribution in [0.5, 0.6) is 0 Å². The molecule has 1 aromatic carbocycles. The monoisotopic (exact) mass is 160 g/mol. The summed E-state index contributed by atoms with van der Waals surface area (Å²) in [5, 5.41) is 0. The van der Waals surface area contributed by atoms with Gasteiger partial charge in [0.15, 0.2) is 0 Å². The number of benzene rings is 1. The van der Waals surface area contributed by atoms with Crippen LogP contribution in [0, 0.1) is 0 Å². The second-order valence-electron chi connectivity index (χ2n) is 3.11. The fraction of sp³-hybridized carbons (Fsp3) is 0.273. The quantitative estimate of drug-likeness (QED) is 0.613. The molecule has 0 fully saturated rings. The fourth-order valence-electron chi connectivity index (χ4n) is 1.49. The van der Waals surface area contributed by atoms with Crippen LogP contribution in [0.3, 0.4) is 0 Å². The molecule has 0 amide bonds. The summed E-state index contributed by atoms with van der Waals surface area (Å²) in [6.07, 6.45) is 2.18. The molecule has 62 valence electrons. The lowest BCUT2D eigenvalue weighted by atomic mass is 10.0. The zero-order valence-corrected chi connectivity index (χ0v) is 7.16. The van der Waals surface area contributed by atoms with E-state index in [-0.39, 0.29) is 0 Å². The summed E-state index contributed by atoms with van der Waals surface area (Å²) in [5.74, 6) is 1.51. The first-order chi connectivity index (χ1) is 5.86. The van der Waals surface area contributed by atoms with E-state index >= 15 is 0 Å². The predicted octanol–water partition coefficient (Wildman–Crippen LogP) is 2.70. The predicted molar refractivity (Wildman–Crippen MR) is 48.9 cm³/mol. The first kappa shape index (κ1) is 7.41. The van der Waals surface area contributed by atoms with E-state index in [4.69, 9.17) is 4.74 Å². The molecule has 1 heteroatoms. The second kappa shape index (κ2) is 3.02. The smallest absolute Gasteiger partial charge is 0.0981 e. The lowest BCUT2D eigenvalue weighted by molar-refractivity contribution is 0.237. The van der Waals surface area contributed by atoms with Crippen molar-refractivity contribution in [3.05, 3.63) is 47.7 Å². The average Bonchev–Trinajstić information content (AvgIpc) is 2.54. The first-order valence-corrected chi connectivity index (χ1v) is 4.22. The molecular weight excluding hydrogens is 148 g/mol. The molecule has 0 saturated heterocycles. The normalized spacial score (nSPS) is 21.8. The standard InChI is InChI=1S/C11H12O/c1-9-7-11(8-12-9)10-5-3-2-4-6-10/h2-7,11H,8H2,1H3. The van der Waals surface area contributed by atoms with Gasteiger partial charge in [-0.15, -0.1) is 0 Å². The highest BCUT2D eigenvalue weighted by molar-refractivity contribution is 5.26. The summed E-state index contributed by atoms with van der Waals surface area (Å²) in [5.41, 5.74) is 1.34. The van der Waals surface area contributed by atoms with Crippen molar-refractivity contribution in [2.45, 2.75) is 12.8 Å². The Morgan fingerprint density at radius 1 is 1.25 bits per heavy atom. The lowest BCUT2D eigenvalue weighted by Gasteiger charge is -2.04. The van der Waals surface area contributed by atoms with E-state index in [0.717, 1.165) is 12.4 Å². The Bertz CT molecular complexity index is 287. The Morgan fingerprint density at radius 3 is 2.58 bits per heavy atom. The van der Waals surface area contributed by atoms with Crippen LogP contribution < -0.4 is 0 Å². The molecule has 0 N–H and O–H groups in total. The van der Waals surface area contributed by atoms with Crippen LogP contribution in [0.1, 0.15) is 18.4 Å². The largest absolute Gasteiger partial charge is 0.498 e. The van der Waals surface area contributed by atoms with E-state index < -0.39 is 0 Å². The van der Waals surface area contributed by atoms with Crippen LogP contribution in [0.15, 0.2) is 42.2 Å². The summed E-state index contributed by atoms with van der Waals surface area (Å²) in [4.78, 5) is 0. The van der Waals surface area contributed by atoms with E-state index in [1.807, 2.05) is 13.0 Å². The third-order valence-electron chi connectivity index (χ3n) is 2.15. The maximum atomic E-state index is 5.38. The molecule has 1 heterocycles. The van der Waals surface area contributed by atoms with Gasteiger partial charge in [-0.1, -0.05) is 30.3 Å². The second-order valence-corrected chi connectivity index (χ2v) is 3.11. The first-order valence-electron chi connectivity index (χ1n) is 4.22. The van der Waals surface area contributed by atoms with Crippen LogP contribution >= 0.6 is 0 Å². The van der Waals surface area contributed by atoms with Gasteiger partial charge in [0.05, 0.1) is 12.4 Å². The number of ether oxygens (including phenoxy) is 1. The zero-order chi connectivity index (χ0) is 8.39. The van der Waals surface area contributed by atoms with Crippen molar-refractivity contribution >= 4 is 0 Å². The minimum absolute atomic E-state index is 0.464. The summed E-state index contributed by atoms with van der Waals surface area (Å²) in [7, 11) is 0. The van der Waals surface area contributed by atoms with Crippen molar-refractivity contribution in [1.82, 2.24) is 0 Å². The van der Waals surface area contributed by atoms with Crippen molar-refractivity contribution < 1.29 is 4.74 Å². The Kier molecular flexibility index (Phi) is 1.86. The fourth-order valence-corrected chi connectivity index (χ4v) is 1.49. The molecule has 0 radical (unpaired) electrons. The molecule has 1 aromatic rings. The maximum absolute atomic E-state index is 5.38. The molecule has 0 aromatic heterocycles. The third-order valence-corrected chi connectivity index (χ3v) is 2.15. The molecule has 0 aliphatic carbocycles. The molecule has 1 nitrogen and oxygen atoms in total. The lowest BCUT2D eigenvalue weighted by Crippen LogP contribution is -1.96. The van der Waals surface area contributed by atoms with Gasteiger partial charge in [-0.05, 0) is 18.6 Å². The van der Waals surface area contributed by atoms with E-state index in [2.05, 4.69) is 30.3 Å². The number of rotatable bonds is 1. The van der Waals surface area contributed by atoms with E-state index in [1.165, 1.54) is 5.56 Å². The maximum Gasteiger partial charge on any atom is 0.0981 e. The summed E-state index contributed by atoms with van der Waals surface area (Å²) >= 11 is 0. The topological polar surface area (TPSA) is 9.23 Å². The van der Waals surface area contributed by atoms with Gasteiger partial charge in [0.2, 0.25) is 0 Å². The van der Waals surface area contributed by atoms with Gasteiger partial charge in [0, 0.05) is 5.92 Å². The highest BCUT2D eigenvalue weighted by Crippen LogP contribution is 2.25. The van der Waals surface area contributed by atoms with E-state index in [0.29, 0.717) is 5.92 Å². The van der Waals surface area contributed by atoms with Crippen LogP contribution in [0.4, 0.5) is 0 Å². The van der Waals surface area contributed by atoms with Crippen LogP contribution in [0.25, 0.3) is 0 Å². The molecule has 1 atom stereocenters. The number of hydrogen-bond acceptors (Lipinski definition) is 1. The Hall–Kier alpha value is -1.24. The Morgan fingerprint density at radius 2 is 2.00 bits per heavy atom. The zero-order valence-electron chi connectivity index (χ0n) is 7.16. The van der Waals surface area contributed by atoms with Crippen LogP contribution in [-0.4, -0.2) is 6.61 Å². The molecular formula is C11H12O. The summed E-state index contributed by atoms with van der Waals surface area (Å²) in [6, 6.07) is 10.5. The van der Waals surface area contributed by atoms with Crippen molar-refractivity contribution in [1.29, 1.82) is 0 Å². The molecule has 12 heavy (non-hydrogen) atoms. The molecule has 1 unspecified atom stereocenters. The van der Waals surface area contributed by atoms with Gasteiger partial charge < -0.3 is 4.74 Å². The Labute approximate surface area is 72.7 Å². The summed E-state index contributed by atoms with van der Waals surface area (Å²) in [6.45, 7) is 2.80. The molecule has 0 bridgehead atoms. The van der Waals surface area contributed by atoms with Crippen LogP contribution in [-0.2, 0) is 4.74 Å². The number of allylic oxidation sites excluding steroid dienone is 1. The average molecular weight is 160 g/mol. The third kappa shape index (κ3) is 1.35. The summed E-state index contributed by atoms with van der Waals surface area (Å²) < 4.78 is 5.38. The van der Waals surface area contributed by atoms with Crippen molar-refractivity contribution in [3.63, 3.8) is 0 Å². The minimum Gasteiger partial charge on any atom is -0.498 e. The molecule has 1 aliphatic rings. The molecule has 1 aliphatic heterocycles. The van der Waals surface area contributed by atoms with E-state index in [9.17, 15) is 0 Å². The van der Waals surface area contributed by atoms with Crippen molar-refractivity contribution in [3.8, 4) is 0 Å². The van der Waals surface area contributed by atoms with Crippen molar-refractivity contribution in [2.75, 3.05) is 6.61 Å².